The third-order valence-electron chi connectivity index (χ3n) is 3.39. The highest BCUT2D eigenvalue weighted by molar-refractivity contribution is 7.20. The van der Waals surface area contributed by atoms with Crippen molar-refractivity contribution in [2.45, 2.75) is 6.61 Å². The Morgan fingerprint density at radius 3 is 2.83 bits per heavy atom. The number of nitrogens with zero attached hydrogens (tertiary/aromatic N) is 1. The van der Waals surface area contributed by atoms with Crippen molar-refractivity contribution in [1.82, 2.24) is 10.3 Å². The molecule has 2 aromatic heterocycles. The summed E-state index contributed by atoms with van der Waals surface area (Å²) in [7, 11) is 1.55. The van der Waals surface area contributed by atoms with Gasteiger partial charge in [0.05, 0.1) is 0 Å². The highest BCUT2D eigenvalue weighted by Gasteiger charge is 2.09. The second-order valence-electron chi connectivity index (χ2n) is 5.03. The van der Waals surface area contributed by atoms with Gasteiger partial charge in [0.15, 0.2) is 0 Å². The van der Waals surface area contributed by atoms with Crippen LogP contribution in [0.1, 0.15) is 25.7 Å². The molecule has 2 N–H and O–H groups in total. The number of aromatic carboxylic acids is 1. The van der Waals surface area contributed by atoms with Gasteiger partial charge in [0, 0.05) is 17.9 Å². The van der Waals surface area contributed by atoms with Crippen LogP contribution in [0, 0.1) is 0 Å². The summed E-state index contributed by atoms with van der Waals surface area (Å²) in [4.78, 5) is 26.9. The lowest BCUT2D eigenvalue weighted by atomic mass is 10.2. The maximum Gasteiger partial charge on any atom is 0.345 e. The standard InChI is InChI=1S/C17H14N2O4S/c1-18-16(20)13-6-10(4-5-19-13)9-23-12-3-2-11-7-15(17(21)22)24-14(11)8-12/h2-8H,9H2,1H3,(H,18,20)(H,21,22). The zero-order chi connectivity index (χ0) is 17.1. The molecule has 0 saturated heterocycles. The number of benzene rings is 1. The molecule has 3 aromatic rings. The molecule has 0 radical (unpaired) electrons. The average molecular weight is 342 g/mol. The summed E-state index contributed by atoms with van der Waals surface area (Å²) in [5.41, 5.74) is 1.15. The van der Waals surface area contributed by atoms with Crippen molar-refractivity contribution < 1.29 is 19.4 Å². The van der Waals surface area contributed by atoms with Gasteiger partial charge in [-0.3, -0.25) is 9.78 Å². The van der Waals surface area contributed by atoms with E-state index in [0.717, 1.165) is 15.6 Å². The normalized spacial score (nSPS) is 10.5. The Hall–Kier alpha value is -2.93. The molecule has 1 amide bonds. The Morgan fingerprint density at radius 1 is 1.25 bits per heavy atom. The number of ether oxygens (including phenoxy) is 1. The van der Waals surface area contributed by atoms with Crippen LogP contribution in [-0.4, -0.2) is 29.0 Å². The van der Waals surface area contributed by atoms with Crippen molar-refractivity contribution in [2.75, 3.05) is 7.05 Å². The molecule has 122 valence electrons. The van der Waals surface area contributed by atoms with Crippen molar-refractivity contribution in [3.8, 4) is 5.75 Å². The number of aromatic nitrogens is 1. The second kappa shape index (κ2) is 6.67. The number of nitrogens with one attached hydrogen (secondary N) is 1. The van der Waals surface area contributed by atoms with Crippen LogP contribution >= 0.6 is 11.3 Å². The minimum Gasteiger partial charge on any atom is -0.489 e. The van der Waals surface area contributed by atoms with Crippen LogP contribution in [0.5, 0.6) is 5.75 Å². The van der Waals surface area contributed by atoms with Crippen molar-refractivity contribution in [3.63, 3.8) is 0 Å². The van der Waals surface area contributed by atoms with Crippen molar-refractivity contribution in [2.24, 2.45) is 0 Å². The van der Waals surface area contributed by atoms with E-state index in [4.69, 9.17) is 9.84 Å². The Labute approximate surface area is 141 Å². The third-order valence-corrected chi connectivity index (χ3v) is 4.48. The van der Waals surface area contributed by atoms with Gasteiger partial charge >= 0.3 is 5.97 Å². The number of carboxylic acids is 1. The fourth-order valence-electron chi connectivity index (χ4n) is 2.19. The Morgan fingerprint density at radius 2 is 2.08 bits per heavy atom. The summed E-state index contributed by atoms with van der Waals surface area (Å²) >= 11 is 1.21. The Bertz CT molecular complexity index is 920. The Kier molecular flexibility index (Phi) is 4.43. The van der Waals surface area contributed by atoms with E-state index < -0.39 is 5.97 Å². The number of amides is 1. The predicted octanol–water partition coefficient (Wildman–Crippen LogP) is 2.93. The highest BCUT2D eigenvalue weighted by Crippen LogP contribution is 2.29. The minimum absolute atomic E-state index is 0.252. The van der Waals surface area contributed by atoms with Gasteiger partial charge in [0.25, 0.3) is 5.91 Å². The van der Waals surface area contributed by atoms with Gasteiger partial charge in [-0.2, -0.15) is 0 Å². The van der Waals surface area contributed by atoms with Gasteiger partial charge in [-0.15, -0.1) is 11.3 Å². The van der Waals surface area contributed by atoms with Crippen LogP contribution in [-0.2, 0) is 6.61 Å². The minimum atomic E-state index is -0.933. The monoisotopic (exact) mass is 342 g/mol. The first kappa shape index (κ1) is 15.9. The van der Waals surface area contributed by atoms with Crippen LogP contribution in [0.3, 0.4) is 0 Å². The molecule has 7 heteroatoms. The third kappa shape index (κ3) is 3.36. The van der Waals surface area contributed by atoms with Crippen LogP contribution < -0.4 is 10.1 Å². The molecule has 0 unspecified atom stereocenters. The fraction of sp³-hybridized carbons (Fsp3) is 0.118. The van der Waals surface area contributed by atoms with E-state index in [-0.39, 0.29) is 12.5 Å². The molecule has 0 aliphatic carbocycles. The molecule has 0 aliphatic rings. The number of carboxylic acid groups (broad SMARTS) is 1. The number of pyridine rings is 1. The summed E-state index contributed by atoms with van der Waals surface area (Å²) in [5, 5.41) is 12.4. The molecular formula is C17H14N2O4S. The molecule has 0 bridgehead atoms. The molecule has 0 aliphatic heterocycles. The second-order valence-corrected chi connectivity index (χ2v) is 6.12. The maximum absolute atomic E-state index is 11.6. The number of rotatable bonds is 5. The largest absolute Gasteiger partial charge is 0.489 e. The number of fused-ring (bicyclic) bond motifs is 1. The lowest BCUT2D eigenvalue weighted by molar-refractivity contribution is 0.0702. The van der Waals surface area contributed by atoms with Gasteiger partial charge in [0.2, 0.25) is 0 Å². The molecule has 0 saturated carbocycles. The van der Waals surface area contributed by atoms with Gasteiger partial charge < -0.3 is 15.2 Å². The zero-order valence-electron chi connectivity index (χ0n) is 12.8. The number of carbonyl (C=O) groups excluding carboxylic acids is 1. The van der Waals surface area contributed by atoms with Gasteiger partial charge in [-0.25, -0.2) is 4.79 Å². The number of hydrogen-bond acceptors (Lipinski definition) is 5. The molecule has 2 heterocycles. The van der Waals surface area contributed by atoms with E-state index in [1.165, 1.54) is 11.3 Å². The van der Waals surface area contributed by atoms with Gasteiger partial charge in [-0.05, 0) is 47.3 Å². The summed E-state index contributed by atoms with van der Waals surface area (Å²) < 4.78 is 6.59. The van der Waals surface area contributed by atoms with Crippen molar-refractivity contribution in [1.29, 1.82) is 0 Å². The van der Waals surface area contributed by atoms with Crippen LogP contribution in [0.25, 0.3) is 10.1 Å². The van der Waals surface area contributed by atoms with Crippen molar-refractivity contribution in [3.05, 3.63) is 58.7 Å². The molecule has 0 atom stereocenters. The molecular weight excluding hydrogens is 328 g/mol. The smallest absolute Gasteiger partial charge is 0.345 e. The molecule has 3 rings (SSSR count). The zero-order valence-corrected chi connectivity index (χ0v) is 13.6. The lowest BCUT2D eigenvalue weighted by Gasteiger charge is -2.07. The van der Waals surface area contributed by atoms with Gasteiger partial charge in [0.1, 0.15) is 22.9 Å². The van der Waals surface area contributed by atoms with E-state index in [2.05, 4.69) is 10.3 Å². The summed E-state index contributed by atoms with van der Waals surface area (Å²) in [6.07, 6.45) is 1.56. The first-order chi connectivity index (χ1) is 11.6. The van der Waals surface area contributed by atoms with Crippen LogP contribution in [0.2, 0.25) is 0 Å². The first-order valence-corrected chi connectivity index (χ1v) is 7.95. The van der Waals surface area contributed by atoms with Crippen LogP contribution in [0.4, 0.5) is 0 Å². The predicted molar refractivity (Wildman–Crippen MR) is 90.7 cm³/mol. The summed E-state index contributed by atoms with van der Waals surface area (Å²) in [6.45, 7) is 0.287. The molecule has 24 heavy (non-hydrogen) atoms. The quantitative estimate of drug-likeness (QED) is 0.744. The molecule has 6 nitrogen and oxygen atoms in total. The van der Waals surface area contributed by atoms with Crippen LogP contribution in [0.15, 0.2) is 42.6 Å². The van der Waals surface area contributed by atoms with E-state index in [9.17, 15) is 9.59 Å². The van der Waals surface area contributed by atoms with E-state index in [1.807, 2.05) is 12.1 Å². The molecule has 0 fully saturated rings. The lowest BCUT2D eigenvalue weighted by Crippen LogP contribution is -2.19. The highest BCUT2D eigenvalue weighted by atomic mass is 32.1. The topological polar surface area (TPSA) is 88.5 Å². The maximum atomic E-state index is 11.6. The van der Waals surface area contributed by atoms with Gasteiger partial charge in [-0.1, -0.05) is 0 Å². The average Bonchev–Trinajstić information content (AvgIpc) is 3.03. The number of hydrogen-bond donors (Lipinski definition) is 2. The summed E-state index contributed by atoms with van der Waals surface area (Å²) in [6, 6.07) is 10.5. The first-order valence-electron chi connectivity index (χ1n) is 7.13. The number of carbonyl (C=O) groups is 2. The number of thiophene rings is 1. The van der Waals surface area contributed by atoms with E-state index in [0.29, 0.717) is 16.3 Å². The Balaban J connectivity index is 1.75. The SMILES string of the molecule is CNC(=O)c1cc(COc2ccc3cc(C(=O)O)sc3c2)ccn1. The fourth-order valence-corrected chi connectivity index (χ4v) is 3.12. The molecule has 1 aromatic carbocycles. The van der Waals surface area contributed by atoms with E-state index >= 15 is 0 Å². The summed E-state index contributed by atoms with van der Waals surface area (Å²) in [5.74, 6) is -0.546. The van der Waals surface area contributed by atoms with E-state index in [1.54, 1.807) is 37.5 Å². The van der Waals surface area contributed by atoms with Crippen molar-refractivity contribution >= 4 is 33.3 Å². The molecule has 0 spiro atoms.